The first kappa shape index (κ1) is 16.4. The van der Waals surface area contributed by atoms with Gasteiger partial charge in [0.15, 0.2) is 5.82 Å². The van der Waals surface area contributed by atoms with E-state index in [2.05, 4.69) is 10.1 Å². The number of hydrogen-bond donors (Lipinski definition) is 1. The third-order valence-electron chi connectivity index (χ3n) is 3.01. The molecule has 6 nitrogen and oxygen atoms in total. The third-order valence-corrected chi connectivity index (χ3v) is 3.01. The van der Waals surface area contributed by atoms with Crippen molar-refractivity contribution in [1.29, 1.82) is 0 Å². The molecule has 2 rings (SSSR count). The number of aryl methyl sites for hydroxylation is 1. The molecule has 0 saturated heterocycles. The van der Waals surface area contributed by atoms with E-state index in [1.54, 1.807) is 0 Å². The van der Waals surface area contributed by atoms with Gasteiger partial charge in [-0.1, -0.05) is 12.1 Å². The normalized spacial score (nSPS) is 12.6. The molecule has 0 aliphatic rings. The number of benzene rings is 1. The number of aliphatic hydroxyl groups excluding tert-OH is 1. The van der Waals surface area contributed by atoms with Crippen molar-refractivity contribution >= 4 is 0 Å². The maximum atomic E-state index is 12.8. The lowest BCUT2D eigenvalue weighted by Crippen LogP contribution is -2.32. The average Bonchev–Trinajstić information content (AvgIpc) is 2.94. The molecule has 7 heteroatoms. The van der Waals surface area contributed by atoms with Gasteiger partial charge < -0.3 is 14.4 Å². The summed E-state index contributed by atoms with van der Waals surface area (Å²) in [6.07, 6.45) is 0.0464. The number of ether oxygens (including phenoxy) is 1. The molecule has 0 spiro atoms. The van der Waals surface area contributed by atoms with Crippen molar-refractivity contribution in [2.75, 3.05) is 20.2 Å². The van der Waals surface area contributed by atoms with Crippen LogP contribution in [0.3, 0.4) is 0 Å². The molecule has 0 saturated carbocycles. The molecular weight excluding hydrogens is 289 g/mol. The summed E-state index contributed by atoms with van der Waals surface area (Å²) >= 11 is 0. The van der Waals surface area contributed by atoms with Crippen LogP contribution in [0.5, 0.6) is 5.75 Å². The van der Waals surface area contributed by atoms with Crippen molar-refractivity contribution in [3.05, 3.63) is 41.8 Å². The molecular formula is C15H20FN3O3. The van der Waals surface area contributed by atoms with Crippen LogP contribution in [0, 0.1) is 5.82 Å². The van der Waals surface area contributed by atoms with Crippen LogP contribution in [0.2, 0.25) is 0 Å². The van der Waals surface area contributed by atoms with Gasteiger partial charge in [-0.05, 0) is 31.3 Å². The van der Waals surface area contributed by atoms with E-state index < -0.39 is 6.10 Å². The van der Waals surface area contributed by atoms with Crippen molar-refractivity contribution in [2.45, 2.75) is 26.0 Å². The summed E-state index contributed by atoms with van der Waals surface area (Å²) in [6, 6.07) is 5.68. The third kappa shape index (κ3) is 5.09. The van der Waals surface area contributed by atoms with E-state index in [4.69, 9.17) is 9.26 Å². The maximum absolute atomic E-state index is 12.8. The second kappa shape index (κ2) is 7.86. The van der Waals surface area contributed by atoms with Crippen LogP contribution >= 0.6 is 0 Å². The van der Waals surface area contributed by atoms with Crippen LogP contribution in [0.1, 0.15) is 18.6 Å². The topological polar surface area (TPSA) is 71.6 Å². The van der Waals surface area contributed by atoms with Crippen molar-refractivity contribution in [3.8, 4) is 5.75 Å². The fourth-order valence-corrected chi connectivity index (χ4v) is 1.93. The van der Waals surface area contributed by atoms with Gasteiger partial charge in [0.2, 0.25) is 5.89 Å². The lowest BCUT2D eigenvalue weighted by Gasteiger charge is -2.19. The predicted octanol–water partition coefficient (Wildman–Crippen LogP) is 1.64. The number of nitrogens with zero attached hydrogens (tertiary/aromatic N) is 3. The number of hydrogen-bond acceptors (Lipinski definition) is 6. The molecule has 0 amide bonds. The van der Waals surface area contributed by atoms with Gasteiger partial charge in [0.1, 0.15) is 24.3 Å². The fourth-order valence-electron chi connectivity index (χ4n) is 1.93. The van der Waals surface area contributed by atoms with Crippen LogP contribution in [0.25, 0.3) is 0 Å². The molecule has 1 N–H and O–H groups in total. The van der Waals surface area contributed by atoms with Gasteiger partial charge in [0.25, 0.3) is 0 Å². The highest BCUT2D eigenvalue weighted by Gasteiger charge is 2.13. The number of rotatable bonds is 8. The van der Waals surface area contributed by atoms with Crippen molar-refractivity contribution in [3.63, 3.8) is 0 Å². The van der Waals surface area contributed by atoms with Gasteiger partial charge in [0, 0.05) is 13.0 Å². The minimum absolute atomic E-state index is 0.125. The molecule has 2 aromatic rings. The molecule has 22 heavy (non-hydrogen) atoms. The fraction of sp³-hybridized carbons (Fsp3) is 0.467. The number of aliphatic hydroxyl groups is 1. The van der Waals surface area contributed by atoms with Crippen molar-refractivity contribution < 1.29 is 18.8 Å². The summed E-state index contributed by atoms with van der Waals surface area (Å²) in [5.74, 6) is 1.39. The Labute approximate surface area is 128 Å². The van der Waals surface area contributed by atoms with E-state index in [0.717, 1.165) is 6.42 Å². The number of aromatic nitrogens is 2. The molecule has 120 valence electrons. The van der Waals surface area contributed by atoms with Gasteiger partial charge in [-0.3, -0.25) is 4.90 Å². The van der Waals surface area contributed by atoms with Crippen molar-refractivity contribution in [2.24, 2.45) is 0 Å². The molecule has 0 bridgehead atoms. The summed E-state index contributed by atoms with van der Waals surface area (Å²) in [6.45, 7) is 2.93. The predicted molar refractivity (Wildman–Crippen MR) is 77.9 cm³/mol. The Morgan fingerprint density at radius 1 is 1.36 bits per heavy atom. The number of likely N-dealkylation sites (N-methyl/N-ethyl adjacent to an activating group) is 1. The second-order valence-corrected chi connectivity index (χ2v) is 5.07. The van der Waals surface area contributed by atoms with E-state index >= 15 is 0 Å². The molecule has 1 atom stereocenters. The summed E-state index contributed by atoms with van der Waals surface area (Å²) in [7, 11) is 1.84. The van der Waals surface area contributed by atoms with Crippen LogP contribution in [-0.2, 0) is 13.0 Å². The second-order valence-electron chi connectivity index (χ2n) is 5.07. The zero-order valence-corrected chi connectivity index (χ0v) is 12.7. The Morgan fingerprint density at radius 3 is 2.73 bits per heavy atom. The minimum Gasteiger partial charge on any atom is -0.491 e. The standard InChI is InChI=1S/C15H20FN3O3/c1-3-14-17-15(22-18-14)9-19(2)8-12(20)10-21-13-6-4-11(16)5-7-13/h4-7,12,20H,3,8-10H2,1-2H3. The highest BCUT2D eigenvalue weighted by atomic mass is 19.1. The first-order valence-corrected chi connectivity index (χ1v) is 7.13. The van der Waals surface area contributed by atoms with Gasteiger partial charge in [-0.15, -0.1) is 0 Å². The zero-order chi connectivity index (χ0) is 15.9. The Balaban J connectivity index is 1.73. The molecule has 0 aliphatic carbocycles. The first-order valence-electron chi connectivity index (χ1n) is 7.13. The first-order chi connectivity index (χ1) is 10.6. The lowest BCUT2D eigenvalue weighted by molar-refractivity contribution is 0.0713. The molecule has 0 fully saturated rings. The molecule has 0 radical (unpaired) electrons. The monoisotopic (exact) mass is 309 g/mol. The minimum atomic E-state index is -0.677. The molecule has 1 unspecified atom stereocenters. The summed E-state index contributed by atoms with van der Waals surface area (Å²) in [4.78, 5) is 6.08. The highest BCUT2D eigenvalue weighted by molar-refractivity contribution is 5.22. The van der Waals surface area contributed by atoms with E-state index in [1.807, 2.05) is 18.9 Å². The number of halogens is 1. The molecule has 1 heterocycles. The molecule has 1 aromatic carbocycles. The van der Waals surface area contributed by atoms with E-state index in [9.17, 15) is 9.50 Å². The van der Waals surface area contributed by atoms with Gasteiger partial charge in [0.05, 0.1) is 6.54 Å². The van der Waals surface area contributed by atoms with Crippen molar-refractivity contribution in [1.82, 2.24) is 15.0 Å². The molecule has 0 aliphatic heterocycles. The molecule has 1 aromatic heterocycles. The summed E-state index contributed by atoms with van der Waals surface area (Å²) in [5.41, 5.74) is 0. The van der Waals surface area contributed by atoms with E-state index in [-0.39, 0.29) is 12.4 Å². The lowest BCUT2D eigenvalue weighted by atomic mass is 10.3. The maximum Gasteiger partial charge on any atom is 0.240 e. The Hall–Kier alpha value is -1.99. The zero-order valence-electron chi connectivity index (χ0n) is 12.7. The van der Waals surface area contributed by atoms with Gasteiger partial charge in [-0.25, -0.2) is 4.39 Å². The summed E-state index contributed by atoms with van der Waals surface area (Å²) < 4.78 is 23.3. The van der Waals surface area contributed by atoms with Gasteiger partial charge >= 0.3 is 0 Å². The largest absolute Gasteiger partial charge is 0.491 e. The quantitative estimate of drug-likeness (QED) is 0.799. The Bertz CT molecular complexity index is 574. The van der Waals surface area contributed by atoms with Crippen LogP contribution in [0.15, 0.2) is 28.8 Å². The smallest absolute Gasteiger partial charge is 0.240 e. The SMILES string of the molecule is CCc1noc(CN(C)CC(O)COc2ccc(F)cc2)n1. The summed E-state index contributed by atoms with van der Waals surface area (Å²) in [5, 5.41) is 13.8. The van der Waals surface area contributed by atoms with Gasteiger partial charge in [-0.2, -0.15) is 4.98 Å². The van der Waals surface area contributed by atoms with Crippen LogP contribution < -0.4 is 4.74 Å². The highest BCUT2D eigenvalue weighted by Crippen LogP contribution is 2.11. The van der Waals surface area contributed by atoms with E-state index in [0.29, 0.717) is 30.6 Å². The Kier molecular flexibility index (Phi) is 5.85. The van der Waals surface area contributed by atoms with Crippen LogP contribution in [0.4, 0.5) is 4.39 Å². The van der Waals surface area contributed by atoms with Crippen LogP contribution in [-0.4, -0.2) is 46.5 Å². The Morgan fingerprint density at radius 2 is 2.09 bits per heavy atom. The van der Waals surface area contributed by atoms with E-state index in [1.165, 1.54) is 24.3 Å². The average molecular weight is 309 g/mol.